The predicted octanol–water partition coefficient (Wildman–Crippen LogP) is 1.22. The first-order valence-electron chi connectivity index (χ1n) is 7.50. The fraction of sp³-hybridized carbons (Fsp3) is 0.412. The Morgan fingerprint density at radius 3 is 2.50 bits per heavy atom. The zero-order chi connectivity index (χ0) is 16.1. The summed E-state index contributed by atoms with van der Waals surface area (Å²) in [5.41, 5.74) is 1.52. The van der Waals surface area contributed by atoms with Crippen LogP contribution in [0.25, 0.3) is 6.08 Å². The van der Waals surface area contributed by atoms with Gasteiger partial charge in [0.05, 0.1) is 0 Å². The quantitative estimate of drug-likeness (QED) is 0.854. The monoisotopic (exact) mass is 301 g/mol. The summed E-state index contributed by atoms with van der Waals surface area (Å²) in [6, 6.07) is 7.40. The van der Waals surface area contributed by atoms with Gasteiger partial charge in [0.1, 0.15) is 0 Å². The van der Waals surface area contributed by atoms with Gasteiger partial charge in [-0.25, -0.2) is 0 Å². The molecule has 1 heterocycles. The smallest absolute Gasteiger partial charge is 0.251 e. The van der Waals surface area contributed by atoms with E-state index in [-0.39, 0.29) is 17.9 Å². The highest BCUT2D eigenvalue weighted by Gasteiger charge is 2.23. The van der Waals surface area contributed by atoms with Crippen LogP contribution in [0.5, 0.6) is 0 Å². The van der Waals surface area contributed by atoms with Gasteiger partial charge in [0.25, 0.3) is 5.91 Å². The van der Waals surface area contributed by atoms with Crippen molar-refractivity contribution in [2.75, 3.05) is 33.7 Å². The number of rotatable bonds is 3. The second kappa shape index (κ2) is 7.22. The number of hydrogen-bond acceptors (Lipinski definition) is 3. The van der Waals surface area contributed by atoms with Crippen LogP contribution in [0.1, 0.15) is 22.8 Å². The molecule has 0 radical (unpaired) electrons. The van der Waals surface area contributed by atoms with Crippen LogP contribution in [0, 0.1) is 0 Å². The highest BCUT2D eigenvalue weighted by atomic mass is 16.2. The summed E-state index contributed by atoms with van der Waals surface area (Å²) >= 11 is 0. The maximum atomic E-state index is 12.3. The van der Waals surface area contributed by atoms with E-state index in [0.29, 0.717) is 5.56 Å². The van der Waals surface area contributed by atoms with E-state index in [9.17, 15) is 9.59 Å². The number of hydrogen-bond donors (Lipinski definition) is 1. The summed E-state index contributed by atoms with van der Waals surface area (Å²) in [4.78, 5) is 27.9. The SMILES string of the molecule is CNC(=O)c1ccc(C=CC(=O)N2CCN(C)CC2C)cc1. The third kappa shape index (κ3) is 3.95. The molecule has 1 atom stereocenters. The Morgan fingerprint density at radius 1 is 1.23 bits per heavy atom. The molecule has 0 aromatic heterocycles. The fourth-order valence-corrected chi connectivity index (χ4v) is 2.62. The summed E-state index contributed by atoms with van der Waals surface area (Å²) in [5.74, 6) is -0.0751. The molecule has 118 valence electrons. The van der Waals surface area contributed by atoms with E-state index in [4.69, 9.17) is 0 Å². The molecular weight excluding hydrogens is 278 g/mol. The third-order valence-corrected chi connectivity index (χ3v) is 3.93. The van der Waals surface area contributed by atoms with Crippen molar-refractivity contribution in [1.82, 2.24) is 15.1 Å². The standard InChI is InChI=1S/C17H23N3O2/c1-13-12-19(3)10-11-20(13)16(21)9-6-14-4-7-15(8-5-14)17(22)18-2/h4-9,13H,10-12H2,1-3H3,(H,18,22). The molecule has 0 spiro atoms. The molecule has 5 nitrogen and oxygen atoms in total. The van der Waals surface area contributed by atoms with Gasteiger partial charge < -0.3 is 15.1 Å². The minimum Gasteiger partial charge on any atom is -0.355 e. The van der Waals surface area contributed by atoms with Crippen LogP contribution >= 0.6 is 0 Å². The number of carbonyl (C=O) groups is 2. The van der Waals surface area contributed by atoms with Crippen molar-refractivity contribution in [3.8, 4) is 0 Å². The van der Waals surface area contributed by atoms with Crippen molar-refractivity contribution in [3.63, 3.8) is 0 Å². The summed E-state index contributed by atoms with van der Waals surface area (Å²) in [6.45, 7) is 4.64. The van der Waals surface area contributed by atoms with Crippen LogP contribution in [0.4, 0.5) is 0 Å². The molecule has 2 amide bonds. The minimum atomic E-state index is -0.113. The van der Waals surface area contributed by atoms with Gasteiger partial charge in [-0.1, -0.05) is 12.1 Å². The number of nitrogens with zero attached hydrogens (tertiary/aromatic N) is 2. The molecule has 1 aliphatic rings. The van der Waals surface area contributed by atoms with Crippen molar-refractivity contribution < 1.29 is 9.59 Å². The molecule has 1 fully saturated rings. The Labute approximate surface area is 131 Å². The van der Waals surface area contributed by atoms with Crippen LogP contribution < -0.4 is 5.32 Å². The molecule has 1 unspecified atom stereocenters. The largest absolute Gasteiger partial charge is 0.355 e. The first kappa shape index (κ1) is 16.2. The molecule has 22 heavy (non-hydrogen) atoms. The summed E-state index contributed by atoms with van der Waals surface area (Å²) < 4.78 is 0. The van der Waals surface area contributed by atoms with E-state index in [1.807, 2.05) is 17.0 Å². The van der Waals surface area contributed by atoms with Gasteiger partial charge >= 0.3 is 0 Å². The lowest BCUT2D eigenvalue weighted by Gasteiger charge is -2.37. The van der Waals surface area contributed by atoms with Crippen LogP contribution in [-0.4, -0.2) is 61.4 Å². The van der Waals surface area contributed by atoms with E-state index >= 15 is 0 Å². The van der Waals surface area contributed by atoms with Gasteiger partial charge in [-0.3, -0.25) is 9.59 Å². The van der Waals surface area contributed by atoms with Gasteiger partial charge in [0.2, 0.25) is 5.91 Å². The highest BCUT2D eigenvalue weighted by molar-refractivity contribution is 5.95. The molecule has 1 aliphatic heterocycles. The molecule has 1 aromatic carbocycles. The number of piperazine rings is 1. The molecular formula is C17H23N3O2. The summed E-state index contributed by atoms with van der Waals surface area (Å²) in [7, 11) is 3.67. The minimum absolute atomic E-state index is 0.0379. The van der Waals surface area contributed by atoms with Crippen molar-refractivity contribution >= 4 is 17.9 Å². The van der Waals surface area contributed by atoms with Gasteiger partial charge in [0.15, 0.2) is 0 Å². The Morgan fingerprint density at radius 2 is 1.91 bits per heavy atom. The maximum absolute atomic E-state index is 12.3. The van der Waals surface area contributed by atoms with Gasteiger partial charge in [-0.05, 0) is 37.7 Å². The average molecular weight is 301 g/mol. The second-order valence-corrected chi connectivity index (χ2v) is 5.68. The topological polar surface area (TPSA) is 52.7 Å². The van der Waals surface area contributed by atoms with Gasteiger partial charge in [-0.2, -0.15) is 0 Å². The van der Waals surface area contributed by atoms with Gasteiger partial charge in [0, 0.05) is 44.4 Å². The van der Waals surface area contributed by atoms with Crippen molar-refractivity contribution in [2.24, 2.45) is 0 Å². The Kier molecular flexibility index (Phi) is 5.33. The molecule has 1 saturated heterocycles. The van der Waals surface area contributed by atoms with E-state index < -0.39 is 0 Å². The Balaban J connectivity index is 1.99. The number of likely N-dealkylation sites (N-methyl/N-ethyl adjacent to an activating group) is 1. The first-order valence-corrected chi connectivity index (χ1v) is 7.50. The number of nitrogens with one attached hydrogen (secondary N) is 1. The Bertz CT molecular complexity index is 566. The number of carbonyl (C=O) groups excluding carboxylic acids is 2. The van der Waals surface area contributed by atoms with Crippen molar-refractivity contribution in [2.45, 2.75) is 13.0 Å². The summed E-state index contributed by atoms with van der Waals surface area (Å²) in [5, 5.41) is 2.58. The molecule has 1 N–H and O–H groups in total. The van der Waals surface area contributed by atoms with Crippen LogP contribution in [-0.2, 0) is 4.79 Å². The van der Waals surface area contributed by atoms with E-state index in [0.717, 1.165) is 25.2 Å². The fourth-order valence-electron chi connectivity index (χ4n) is 2.62. The molecule has 0 aliphatic carbocycles. The zero-order valence-electron chi connectivity index (χ0n) is 13.4. The summed E-state index contributed by atoms with van der Waals surface area (Å²) in [6.07, 6.45) is 3.40. The van der Waals surface area contributed by atoms with Gasteiger partial charge in [-0.15, -0.1) is 0 Å². The van der Waals surface area contributed by atoms with E-state index in [1.54, 1.807) is 31.3 Å². The normalized spacial score (nSPS) is 19.4. The number of benzene rings is 1. The first-order chi connectivity index (χ1) is 10.5. The van der Waals surface area contributed by atoms with E-state index in [2.05, 4.69) is 24.2 Å². The molecule has 5 heteroatoms. The van der Waals surface area contributed by atoms with Crippen molar-refractivity contribution in [3.05, 3.63) is 41.5 Å². The molecule has 0 saturated carbocycles. The molecule has 0 bridgehead atoms. The van der Waals surface area contributed by atoms with E-state index in [1.165, 1.54) is 0 Å². The second-order valence-electron chi connectivity index (χ2n) is 5.68. The lowest BCUT2D eigenvalue weighted by Crippen LogP contribution is -2.52. The third-order valence-electron chi connectivity index (χ3n) is 3.93. The highest BCUT2D eigenvalue weighted by Crippen LogP contribution is 2.10. The average Bonchev–Trinajstić information content (AvgIpc) is 2.52. The lowest BCUT2D eigenvalue weighted by atomic mass is 10.1. The van der Waals surface area contributed by atoms with Crippen LogP contribution in [0.2, 0.25) is 0 Å². The lowest BCUT2D eigenvalue weighted by molar-refractivity contribution is -0.130. The van der Waals surface area contributed by atoms with Crippen LogP contribution in [0.15, 0.2) is 30.3 Å². The number of amides is 2. The van der Waals surface area contributed by atoms with Crippen LogP contribution in [0.3, 0.4) is 0 Å². The zero-order valence-corrected chi connectivity index (χ0v) is 13.4. The molecule has 2 rings (SSSR count). The predicted molar refractivity (Wildman–Crippen MR) is 87.5 cm³/mol. The Hall–Kier alpha value is -2.14. The molecule has 1 aromatic rings. The van der Waals surface area contributed by atoms with Crippen molar-refractivity contribution in [1.29, 1.82) is 0 Å². The maximum Gasteiger partial charge on any atom is 0.251 e.